The number of anilines is 2. The summed E-state index contributed by atoms with van der Waals surface area (Å²) in [6.45, 7) is 6.03. The summed E-state index contributed by atoms with van der Waals surface area (Å²) in [4.78, 5) is 26.3. The van der Waals surface area contributed by atoms with E-state index in [1.165, 1.54) is 12.8 Å². The first-order valence-electron chi connectivity index (χ1n) is 8.65. The van der Waals surface area contributed by atoms with Gasteiger partial charge >= 0.3 is 0 Å². The number of nitrogens with zero attached hydrogens (tertiary/aromatic N) is 1. The predicted molar refractivity (Wildman–Crippen MR) is 111 cm³/mol. The maximum Gasteiger partial charge on any atom is 0.226 e. The Morgan fingerprint density at radius 2 is 1.85 bits per heavy atom. The minimum Gasteiger partial charge on any atom is -0.371 e. The van der Waals surface area contributed by atoms with Crippen LogP contribution in [0.1, 0.15) is 33.1 Å². The van der Waals surface area contributed by atoms with Gasteiger partial charge in [0.15, 0.2) is 0 Å². The van der Waals surface area contributed by atoms with Crippen molar-refractivity contribution < 1.29 is 9.59 Å². The fourth-order valence-electron chi connectivity index (χ4n) is 2.79. The molecule has 2 unspecified atom stereocenters. The van der Waals surface area contributed by atoms with E-state index in [2.05, 4.69) is 21.6 Å². The van der Waals surface area contributed by atoms with Crippen molar-refractivity contribution in [3.05, 3.63) is 24.3 Å². The highest BCUT2D eigenvalue weighted by atomic mass is 35.5. The first-order valence-corrected chi connectivity index (χ1v) is 8.65. The molecule has 148 valence electrons. The van der Waals surface area contributed by atoms with Gasteiger partial charge in [0, 0.05) is 49.4 Å². The maximum absolute atomic E-state index is 12.2. The smallest absolute Gasteiger partial charge is 0.226 e. The van der Waals surface area contributed by atoms with Crippen LogP contribution in [0.15, 0.2) is 24.3 Å². The lowest BCUT2D eigenvalue weighted by atomic mass is 10.1. The SMILES string of the molecule is CC(CC(=O)Nc1cccc(N2CCCC2)c1)NC(=O)C(C)CN.Cl.Cl. The zero-order chi connectivity index (χ0) is 17.5. The topological polar surface area (TPSA) is 87.5 Å². The highest BCUT2D eigenvalue weighted by Crippen LogP contribution is 2.23. The van der Waals surface area contributed by atoms with E-state index in [-0.39, 0.29) is 55.0 Å². The number of halogens is 2. The lowest BCUT2D eigenvalue weighted by Gasteiger charge is -2.19. The lowest BCUT2D eigenvalue weighted by molar-refractivity contribution is -0.125. The maximum atomic E-state index is 12.2. The Kier molecular flexibility index (Phi) is 11.3. The fourth-order valence-corrected chi connectivity index (χ4v) is 2.79. The number of nitrogens with one attached hydrogen (secondary N) is 2. The Bertz CT molecular complexity index is 580. The van der Waals surface area contributed by atoms with Crippen LogP contribution < -0.4 is 21.3 Å². The highest BCUT2D eigenvalue weighted by Gasteiger charge is 2.17. The van der Waals surface area contributed by atoms with Gasteiger partial charge in [-0.15, -0.1) is 24.8 Å². The molecule has 0 bridgehead atoms. The quantitative estimate of drug-likeness (QED) is 0.651. The van der Waals surface area contributed by atoms with Crippen LogP contribution in [0.25, 0.3) is 0 Å². The summed E-state index contributed by atoms with van der Waals surface area (Å²) in [5.41, 5.74) is 7.41. The summed E-state index contributed by atoms with van der Waals surface area (Å²) in [6.07, 6.45) is 2.67. The third-order valence-electron chi connectivity index (χ3n) is 4.28. The Morgan fingerprint density at radius 3 is 2.46 bits per heavy atom. The average Bonchev–Trinajstić information content (AvgIpc) is 3.08. The molecule has 0 radical (unpaired) electrons. The van der Waals surface area contributed by atoms with Crippen molar-refractivity contribution >= 4 is 48.0 Å². The summed E-state index contributed by atoms with van der Waals surface area (Å²) in [5, 5.41) is 5.73. The van der Waals surface area contributed by atoms with Crippen LogP contribution in [-0.4, -0.2) is 37.5 Å². The number of hydrogen-bond acceptors (Lipinski definition) is 4. The van der Waals surface area contributed by atoms with E-state index in [1.54, 1.807) is 6.92 Å². The number of benzene rings is 1. The molecule has 2 atom stereocenters. The molecule has 1 aromatic rings. The second-order valence-electron chi connectivity index (χ2n) is 6.54. The van der Waals surface area contributed by atoms with Crippen molar-refractivity contribution in [3.8, 4) is 0 Å². The molecule has 1 aliphatic heterocycles. The fraction of sp³-hybridized carbons (Fsp3) is 0.556. The second-order valence-corrected chi connectivity index (χ2v) is 6.54. The van der Waals surface area contributed by atoms with Crippen LogP contribution in [0, 0.1) is 5.92 Å². The van der Waals surface area contributed by atoms with Gasteiger partial charge in [0.25, 0.3) is 0 Å². The van der Waals surface area contributed by atoms with Crippen LogP contribution in [0.2, 0.25) is 0 Å². The lowest BCUT2D eigenvalue weighted by Crippen LogP contribution is -2.40. The van der Waals surface area contributed by atoms with Gasteiger partial charge in [0.05, 0.1) is 0 Å². The van der Waals surface area contributed by atoms with E-state index in [0.717, 1.165) is 24.5 Å². The Hall–Kier alpha value is -1.50. The summed E-state index contributed by atoms with van der Waals surface area (Å²) >= 11 is 0. The minimum absolute atomic E-state index is 0. The van der Waals surface area contributed by atoms with Crippen LogP contribution >= 0.6 is 24.8 Å². The summed E-state index contributed by atoms with van der Waals surface area (Å²) in [5.74, 6) is -0.469. The van der Waals surface area contributed by atoms with Gasteiger partial charge in [-0.3, -0.25) is 9.59 Å². The van der Waals surface area contributed by atoms with Crippen molar-refractivity contribution in [1.82, 2.24) is 5.32 Å². The molecule has 0 saturated carbocycles. The number of carbonyl (C=O) groups is 2. The largest absolute Gasteiger partial charge is 0.371 e. The highest BCUT2D eigenvalue weighted by molar-refractivity contribution is 5.92. The molecule has 2 rings (SSSR count). The molecule has 1 saturated heterocycles. The van der Waals surface area contributed by atoms with Crippen molar-refractivity contribution in [2.24, 2.45) is 11.7 Å². The van der Waals surface area contributed by atoms with Crippen molar-refractivity contribution in [2.75, 3.05) is 29.9 Å². The molecule has 8 heteroatoms. The number of nitrogens with two attached hydrogens (primary N) is 1. The van der Waals surface area contributed by atoms with Gasteiger partial charge in [-0.2, -0.15) is 0 Å². The van der Waals surface area contributed by atoms with E-state index in [0.29, 0.717) is 6.54 Å². The van der Waals surface area contributed by atoms with Gasteiger partial charge in [0.2, 0.25) is 11.8 Å². The third kappa shape index (κ3) is 7.40. The predicted octanol–water partition coefficient (Wildman–Crippen LogP) is 2.56. The first kappa shape index (κ1) is 24.5. The van der Waals surface area contributed by atoms with Gasteiger partial charge in [-0.25, -0.2) is 0 Å². The number of carbonyl (C=O) groups excluding carboxylic acids is 2. The van der Waals surface area contributed by atoms with E-state index < -0.39 is 0 Å². The molecule has 0 aliphatic carbocycles. The van der Waals surface area contributed by atoms with Crippen LogP contribution in [-0.2, 0) is 9.59 Å². The first-order chi connectivity index (χ1) is 11.5. The van der Waals surface area contributed by atoms with Crippen molar-refractivity contribution in [2.45, 2.75) is 39.2 Å². The average molecular weight is 405 g/mol. The number of rotatable bonds is 7. The molecule has 4 N–H and O–H groups in total. The summed E-state index contributed by atoms with van der Waals surface area (Å²) in [6, 6.07) is 7.68. The Labute approximate surface area is 168 Å². The third-order valence-corrected chi connectivity index (χ3v) is 4.28. The zero-order valence-electron chi connectivity index (χ0n) is 15.4. The van der Waals surface area contributed by atoms with E-state index in [1.807, 2.05) is 25.1 Å². The number of hydrogen-bond donors (Lipinski definition) is 3. The second kappa shape index (κ2) is 12.0. The summed E-state index contributed by atoms with van der Waals surface area (Å²) in [7, 11) is 0. The van der Waals surface area contributed by atoms with Crippen LogP contribution in [0.3, 0.4) is 0 Å². The van der Waals surface area contributed by atoms with E-state index in [4.69, 9.17) is 5.73 Å². The molecular formula is C18H30Cl2N4O2. The molecular weight excluding hydrogens is 375 g/mol. The number of amides is 2. The molecule has 26 heavy (non-hydrogen) atoms. The van der Waals surface area contributed by atoms with Gasteiger partial charge < -0.3 is 21.3 Å². The minimum atomic E-state index is -0.243. The monoisotopic (exact) mass is 404 g/mol. The molecule has 0 aromatic heterocycles. The van der Waals surface area contributed by atoms with Crippen molar-refractivity contribution in [3.63, 3.8) is 0 Å². The van der Waals surface area contributed by atoms with Crippen molar-refractivity contribution in [1.29, 1.82) is 0 Å². The molecule has 1 aliphatic rings. The summed E-state index contributed by atoms with van der Waals surface area (Å²) < 4.78 is 0. The van der Waals surface area contributed by atoms with Gasteiger partial charge in [-0.05, 0) is 38.0 Å². The van der Waals surface area contributed by atoms with Crippen LogP contribution in [0.5, 0.6) is 0 Å². The van der Waals surface area contributed by atoms with E-state index in [9.17, 15) is 9.59 Å². The molecule has 1 heterocycles. The standard InChI is InChI=1S/C18H28N4O2.2ClH/c1-13(12-19)18(24)20-14(2)10-17(23)21-15-6-5-7-16(11-15)22-8-3-4-9-22;;/h5-7,11,13-14H,3-4,8-10,12,19H2,1-2H3,(H,20,24)(H,21,23);2*1H. The molecule has 1 aromatic carbocycles. The molecule has 0 spiro atoms. The van der Waals surface area contributed by atoms with Gasteiger partial charge in [-0.1, -0.05) is 13.0 Å². The van der Waals surface area contributed by atoms with E-state index >= 15 is 0 Å². The molecule has 6 nitrogen and oxygen atoms in total. The molecule has 2 amide bonds. The zero-order valence-corrected chi connectivity index (χ0v) is 17.0. The Morgan fingerprint density at radius 1 is 1.19 bits per heavy atom. The Balaban J connectivity index is 0.00000312. The van der Waals surface area contributed by atoms with Gasteiger partial charge in [0.1, 0.15) is 0 Å². The van der Waals surface area contributed by atoms with Crippen LogP contribution in [0.4, 0.5) is 11.4 Å². The molecule has 1 fully saturated rings. The normalized spacial score (nSPS) is 15.3.